The van der Waals surface area contributed by atoms with Crippen LogP contribution >= 0.6 is 0 Å². The molecule has 2 aromatic rings. The Morgan fingerprint density at radius 1 is 0.968 bits per heavy atom. The van der Waals surface area contributed by atoms with Gasteiger partial charge in [-0.1, -0.05) is 36.4 Å². The topological polar surface area (TPSA) is 78.5 Å². The lowest BCUT2D eigenvalue weighted by atomic mass is 9.93. The SMILES string of the molecule is CC(=O)N1C=Cc2ccccc2C1CC(=O)Nc1ccc(CC(=O)NC(C)(C)C)cc1. The van der Waals surface area contributed by atoms with Crippen molar-refractivity contribution >= 4 is 29.5 Å². The maximum atomic E-state index is 12.7. The highest BCUT2D eigenvalue weighted by Gasteiger charge is 2.28. The van der Waals surface area contributed by atoms with Crippen molar-refractivity contribution in [2.75, 3.05) is 5.32 Å². The van der Waals surface area contributed by atoms with Gasteiger partial charge in [-0.05, 0) is 55.7 Å². The smallest absolute Gasteiger partial charge is 0.226 e. The van der Waals surface area contributed by atoms with Crippen LogP contribution in [0.1, 0.15) is 56.8 Å². The van der Waals surface area contributed by atoms with Crippen molar-refractivity contribution in [2.24, 2.45) is 0 Å². The van der Waals surface area contributed by atoms with Crippen LogP contribution in [0.4, 0.5) is 5.69 Å². The molecule has 0 aromatic heterocycles. The molecular formula is C25H29N3O3. The van der Waals surface area contributed by atoms with Gasteiger partial charge < -0.3 is 15.5 Å². The van der Waals surface area contributed by atoms with Crippen LogP contribution in [0.3, 0.4) is 0 Å². The second kappa shape index (κ2) is 9.16. The van der Waals surface area contributed by atoms with Crippen LogP contribution in [0.5, 0.6) is 0 Å². The normalized spacial score (nSPS) is 15.2. The molecule has 3 rings (SSSR count). The Balaban J connectivity index is 1.64. The minimum atomic E-state index is -0.348. The highest BCUT2D eigenvalue weighted by Crippen LogP contribution is 2.33. The van der Waals surface area contributed by atoms with Gasteiger partial charge >= 0.3 is 0 Å². The van der Waals surface area contributed by atoms with Crippen molar-refractivity contribution in [2.45, 2.75) is 52.1 Å². The van der Waals surface area contributed by atoms with E-state index in [0.717, 1.165) is 16.7 Å². The fourth-order valence-electron chi connectivity index (χ4n) is 3.65. The Bertz CT molecular complexity index is 1000. The van der Waals surface area contributed by atoms with E-state index in [1.54, 1.807) is 23.2 Å². The van der Waals surface area contributed by atoms with E-state index in [2.05, 4.69) is 10.6 Å². The number of nitrogens with zero attached hydrogens (tertiary/aromatic N) is 1. The quantitative estimate of drug-likeness (QED) is 0.768. The number of fused-ring (bicyclic) bond motifs is 1. The minimum Gasteiger partial charge on any atom is -0.351 e. The van der Waals surface area contributed by atoms with Gasteiger partial charge in [0.2, 0.25) is 17.7 Å². The van der Waals surface area contributed by atoms with Gasteiger partial charge in [-0.2, -0.15) is 0 Å². The Morgan fingerprint density at radius 2 is 1.65 bits per heavy atom. The summed E-state index contributed by atoms with van der Waals surface area (Å²) in [4.78, 5) is 38.5. The number of hydrogen-bond donors (Lipinski definition) is 2. The van der Waals surface area contributed by atoms with E-state index in [1.807, 2.05) is 63.2 Å². The lowest BCUT2D eigenvalue weighted by Gasteiger charge is -2.32. The Labute approximate surface area is 183 Å². The third kappa shape index (κ3) is 6.04. The summed E-state index contributed by atoms with van der Waals surface area (Å²) in [5.74, 6) is -0.335. The molecule has 0 fully saturated rings. The van der Waals surface area contributed by atoms with Crippen molar-refractivity contribution in [3.8, 4) is 0 Å². The van der Waals surface area contributed by atoms with Gasteiger partial charge in [0, 0.05) is 24.4 Å². The molecule has 0 bridgehead atoms. The van der Waals surface area contributed by atoms with Gasteiger partial charge in [-0.3, -0.25) is 14.4 Å². The molecule has 6 heteroatoms. The molecule has 1 atom stereocenters. The van der Waals surface area contributed by atoms with E-state index in [9.17, 15) is 14.4 Å². The molecule has 31 heavy (non-hydrogen) atoms. The summed E-state index contributed by atoms with van der Waals surface area (Å²) in [7, 11) is 0. The first-order chi connectivity index (χ1) is 14.6. The Hall–Kier alpha value is -3.41. The van der Waals surface area contributed by atoms with Gasteiger partial charge in [0.1, 0.15) is 0 Å². The second-order valence-corrected chi connectivity index (χ2v) is 8.81. The Morgan fingerprint density at radius 3 is 2.29 bits per heavy atom. The van der Waals surface area contributed by atoms with E-state index in [1.165, 1.54) is 6.92 Å². The van der Waals surface area contributed by atoms with Gasteiger partial charge in [0.25, 0.3) is 0 Å². The monoisotopic (exact) mass is 419 g/mol. The van der Waals surface area contributed by atoms with E-state index in [-0.39, 0.29) is 42.1 Å². The highest BCUT2D eigenvalue weighted by molar-refractivity contribution is 5.92. The van der Waals surface area contributed by atoms with E-state index in [0.29, 0.717) is 5.69 Å². The van der Waals surface area contributed by atoms with Crippen LogP contribution in [0.2, 0.25) is 0 Å². The van der Waals surface area contributed by atoms with Crippen LogP contribution in [-0.2, 0) is 20.8 Å². The van der Waals surface area contributed by atoms with E-state index >= 15 is 0 Å². The van der Waals surface area contributed by atoms with Crippen LogP contribution < -0.4 is 10.6 Å². The molecule has 0 spiro atoms. The summed E-state index contributed by atoms with van der Waals surface area (Å²) >= 11 is 0. The predicted octanol–water partition coefficient (Wildman–Crippen LogP) is 4.05. The molecule has 1 aliphatic heterocycles. The van der Waals surface area contributed by atoms with Gasteiger partial charge in [0.15, 0.2) is 0 Å². The van der Waals surface area contributed by atoms with Crippen LogP contribution in [0, 0.1) is 0 Å². The summed E-state index contributed by atoms with van der Waals surface area (Å²) < 4.78 is 0. The molecule has 1 heterocycles. The van der Waals surface area contributed by atoms with Gasteiger partial charge in [-0.25, -0.2) is 0 Å². The number of benzene rings is 2. The minimum absolute atomic E-state index is 0.0439. The molecule has 0 aliphatic carbocycles. The summed E-state index contributed by atoms with van der Waals surface area (Å²) in [6.45, 7) is 7.32. The first-order valence-electron chi connectivity index (χ1n) is 10.4. The van der Waals surface area contributed by atoms with E-state index in [4.69, 9.17) is 0 Å². The number of rotatable bonds is 5. The molecular weight excluding hydrogens is 390 g/mol. The molecule has 0 radical (unpaired) electrons. The summed E-state index contributed by atoms with van der Waals surface area (Å²) in [5.41, 5.74) is 3.21. The largest absolute Gasteiger partial charge is 0.351 e. The molecule has 1 unspecified atom stereocenters. The molecule has 1 aliphatic rings. The summed E-state index contributed by atoms with van der Waals surface area (Å²) in [6, 6.07) is 14.7. The molecule has 162 valence electrons. The number of amides is 3. The maximum Gasteiger partial charge on any atom is 0.226 e. The molecule has 2 aromatic carbocycles. The number of hydrogen-bond acceptors (Lipinski definition) is 3. The lowest BCUT2D eigenvalue weighted by molar-refractivity contribution is -0.129. The third-order valence-corrected chi connectivity index (χ3v) is 4.96. The van der Waals surface area contributed by atoms with Crippen LogP contribution in [-0.4, -0.2) is 28.2 Å². The third-order valence-electron chi connectivity index (χ3n) is 4.96. The fourth-order valence-corrected chi connectivity index (χ4v) is 3.65. The molecule has 3 amide bonds. The van der Waals surface area contributed by atoms with Crippen molar-refractivity contribution in [1.29, 1.82) is 0 Å². The maximum absolute atomic E-state index is 12.7. The van der Waals surface area contributed by atoms with Crippen LogP contribution in [0.25, 0.3) is 6.08 Å². The van der Waals surface area contributed by atoms with Gasteiger partial charge in [0.05, 0.1) is 18.9 Å². The number of anilines is 1. The zero-order chi connectivity index (χ0) is 22.6. The average molecular weight is 420 g/mol. The number of nitrogens with one attached hydrogen (secondary N) is 2. The molecule has 6 nitrogen and oxygen atoms in total. The molecule has 0 saturated carbocycles. The Kier molecular flexibility index (Phi) is 6.59. The first kappa shape index (κ1) is 22.3. The average Bonchev–Trinajstić information content (AvgIpc) is 2.68. The van der Waals surface area contributed by atoms with Crippen molar-refractivity contribution < 1.29 is 14.4 Å². The number of carbonyl (C=O) groups excluding carboxylic acids is 3. The van der Waals surface area contributed by atoms with Crippen molar-refractivity contribution in [3.63, 3.8) is 0 Å². The zero-order valence-corrected chi connectivity index (χ0v) is 18.4. The van der Waals surface area contributed by atoms with Crippen LogP contribution in [0.15, 0.2) is 54.7 Å². The first-order valence-corrected chi connectivity index (χ1v) is 10.4. The lowest BCUT2D eigenvalue weighted by Crippen LogP contribution is -2.41. The molecule has 0 saturated heterocycles. The predicted molar refractivity (Wildman–Crippen MR) is 122 cm³/mol. The fraction of sp³-hybridized carbons (Fsp3) is 0.320. The molecule has 2 N–H and O–H groups in total. The number of carbonyl (C=O) groups is 3. The second-order valence-electron chi connectivity index (χ2n) is 8.81. The van der Waals surface area contributed by atoms with Crippen molar-refractivity contribution in [3.05, 3.63) is 71.4 Å². The van der Waals surface area contributed by atoms with Gasteiger partial charge in [-0.15, -0.1) is 0 Å². The summed E-state index contributed by atoms with van der Waals surface area (Å²) in [6.07, 6.45) is 4.06. The summed E-state index contributed by atoms with van der Waals surface area (Å²) in [5, 5.41) is 5.83. The highest BCUT2D eigenvalue weighted by atomic mass is 16.2. The zero-order valence-electron chi connectivity index (χ0n) is 18.4. The standard InChI is InChI=1S/C25H29N3O3/c1-17(29)28-14-13-19-7-5-6-8-21(19)22(28)16-23(30)26-20-11-9-18(10-12-20)15-24(31)27-25(2,3)4/h5-14,22H,15-16H2,1-4H3,(H,26,30)(H,27,31). The van der Waals surface area contributed by atoms with E-state index < -0.39 is 0 Å². The van der Waals surface area contributed by atoms with Crippen molar-refractivity contribution in [1.82, 2.24) is 10.2 Å².